The van der Waals surface area contributed by atoms with E-state index in [0.29, 0.717) is 32.2 Å². The maximum absolute atomic E-state index is 14.4. The molecule has 1 fully saturated rings. The summed E-state index contributed by atoms with van der Waals surface area (Å²) in [5, 5.41) is 3.01. The Hall–Kier alpha value is -3.10. The zero-order valence-corrected chi connectivity index (χ0v) is 21.7. The number of aryl methyl sites for hydroxylation is 1. The van der Waals surface area contributed by atoms with E-state index in [4.69, 9.17) is 0 Å². The molecule has 8 heteroatoms. The monoisotopic (exact) mass is 526 g/mol. The fourth-order valence-electron chi connectivity index (χ4n) is 4.78. The lowest BCUT2D eigenvalue weighted by Gasteiger charge is -2.32. The summed E-state index contributed by atoms with van der Waals surface area (Å²) in [6.07, 6.45) is 2.65. The lowest BCUT2D eigenvalue weighted by atomic mass is 9.81. The molecule has 1 aliphatic carbocycles. The molecule has 1 saturated carbocycles. The van der Waals surface area contributed by atoms with Crippen molar-refractivity contribution in [2.24, 2.45) is 11.8 Å². The van der Waals surface area contributed by atoms with Crippen molar-refractivity contribution in [2.45, 2.75) is 50.6 Å². The van der Waals surface area contributed by atoms with Gasteiger partial charge in [0.2, 0.25) is 15.9 Å². The number of benzene rings is 3. The van der Waals surface area contributed by atoms with Crippen molar-refractivity contribution in [3.8, 4) is 0 Å². The molecule has 0 bridgehead atoms. The molecule has 1 aliphatic rings. The lowest BCUT2D eigenvalue weighted by Crippen LogP contribution is -2.38. The van der Waals surface area contributed by atoms with Crippen LogP contribution in [0.1, 0.15) is 42.4 Å². The van der Waals surface area contributed by atoms with E-state index in [1.807, 2.05) is 31.2 Å². The van der Waals surface area contributed by atoms with Crippen molar-refractivity contribution < 1.29 is 22.0 Å². The molecule has 4 rings (SSSR count). The van der Waals surface area contributed by atoms with E-state index in [-0.39, 0.29) is 41.3 Å². The normalized spacial score (nSPS) is 18.1. The summed E-state index contributed by atoms with van der Waals surface area (Å²) in [4.78, 5) is 12.8. The molecule has 0 saturated heterocycles. The Morgan fingerprint density at radius 1 is 0.919 bits per heavy atom. The van der Waals surface area contributed by atoms with E-state index in [1.165, 1.54) is 28.6 Å². The van der Waals surface area contributed by atoms with Crippen molar-refractivity contribution in [1.29, 1.82) is 0 Å². The molecule has 0 aromatic heterocycles. The molecule has 0 unspecified atom stereocenters. The zero-order valence-electron chi connectivity index (χ0n) is 20.9. The van der Waals surface area contributed by atoms with Crippen molar-refractivity contribution >= 4 is 15.9 Å². The topological polar surface area (TPSA) is 66.5 Å². The second kappa shape index (κ2) is 12.0. The SMILES string of the molecule is Cc1ccc(CNC(=O)C2CCC(CN(Cc3cccc(F)c3F)S(=O)(=O)c3ccccc3)CC2)cc1. The van der Waals surface area contributed by atoms with Gasteiger partial charge in [0.05, 0.1) is 4.90 Å². The van der Waals surface area contributed by atoms with Gasteiger partial charge in [-0.05, 0) is 62.3 Å². The summed E-state index contributed by atoms with van der Waals surface area (Å²) in [7, 11) is -3.94. The number of nitrogens with zero attached hydrogens (tertiary/aromatic N) is 1. The van der Waals surface area contributed by atoms with Crippen molar-refractivity contribution in [2.75, 3.05) is 6.54 Å². The van der Waals surface area contributed by atoms with Gasteiger partial charge in [-0.3, -0.25) is 4.79 Å². The number of rotatable bonds is 9. The second-order valence-corrected chi connectivity index (χ2v) is 11.7. The Kier molecular flexibility index (Phi) is 8.71. The van der Waals surface area contributed by atoms with Crippen LogP contribution >= 0.6 is 0 Å². The molecular formula is C29H32F2N2O3S. The number of sulfonamides is 1. The minimum Gasteiger partial charge on any atom is -0.352 e. The molecule has 0 aliphatic heterocycles. The summed E-state index contributed by atoms with van der Waals surface area (Å²) in [5.41, 5.74) is 2.19. The van der Waals surface area contributed by atoms with Crippen LogP contribution in [-0.2, 0) is 27.9 Å². The number of carbonyl (C=O) groups excluding carboxylic acids is 1. The van der Waals surface area contributed by atoms with E-state index in [0.717, 1.165) is 17.2 Å². The second-order valence-electron chi connectivity index (χ2n) is 9.74. The van der Waals surface area contributed by atoms with Gasteiger partial charge in [-0.2, -0.15) is 4.31 Å². The Balaban J connectivity index is 1.41. The van der Waals surface area contributed by atoms with E-state index < -0.39 is 21.7 Å². The van der Waals surface area contributed by atoms with Crippen molar-refractivity contribution in [1.82, 2.24) is 9.62 Å². The summed E-state index contributed by atoms with van der Waals surface area (Å²) in [6.45, 7) is 2.39. The van der Waals surface area contributed by atoms with Gasteiger partial charge in [0, 0.05) is 31.1 Å². The number of hydrogen-bond donors (Lipinski definition) is 1. The van der Waals surface area contributed by atoms with Gasteiger partial charge in [-0.1, -0.05) is 60.2 Å². The highest BCUT2D eigenvalue weighted by molar-refractivity contribution is 7.89. The Labute approximate surface area is 217 Å². The quantitative estimate of drug-likeness (QED) is 0.396. The van der Waals surface area contributed by atoms with Gasteiger partial charge in [0.1, 0.15) is 0 Å². The van der Waals surface area contributed by atoms with Gasteiger partial charge in [0.15, 0.2) is 11.6 Å². The van der Waals surface area contributed by atoms with E-state index in [2.05, 4.69) is 5.32 Å². The molecule has 0 radical (unpaired) electrons. The van der Waals surface area contributed by atoms with Crippen LogP contribution < -0.4 is 5.32 Å². The van der Waals surface area contributed by atoms with Gasteiger partial charge in [-0.15, -0.1) is 0 Å². The van der Waals surface area contributed by atoms with Crippen LogP contribution in [0.3, 0.4) is 0 Å². The standard InChI is InChI=1S/C29H32F2N2O3S/c1-21-10-12-22(13-11-21)18-32-29(34)24-16-14-23(15-17-24)19-33(20-25-6-5-9-27(30)28(25)31)37(35,36)26-7-3-2-4-8-26/h2-13,23-24H,14-20H2,1H3,(H,32,34). The third-order valence-electron chi connectivity index (χ3n) is 7.03. The molecule has 3 aromatic carbocycles. The molecule has 0 atom stereocenters. The summed E-state index contributed by atoms with van der Waals surface area (Å²) >= 11 is 0. The minimum atomic E-state index is -3.94. The maximum Gasteiger partial charge on any atom is 0.243 e. The maximum atomic E-state index is 14.4. The van der Waals surface area contributed by atoms with Crippen LogP contribution in [0, 0.1) is 30.4 Å². The minimum absolute atomic E-state index is 0.00891. The predicted molar refractivity (Wildman–Crippen MR) is 139 cm³/mol. The highest BCUT2D eigenvalue weighted by atomic mass is 32.2. The zero-order chi connectivity index (χ0) is 26.4. The first-order valence-corrected chi connectivity index (χ1v) is 14.0. The molecule has 1 amide bonds. The van der Waals surface area contributed by atoms with Crippen LogP contribution in [0.2, 0.25) is 0 Å². The first-order chi connectivity index (χ1) is 17.7. The molecule has 37 heavy (non-hydrogen) atoms. The van der Waals surface area contributed by atoms with E-state index in [9.17, 15) is 22.0 Å². The van der Waals surface area contributed by atoms with Gasteiger partial charge < -0.3 is 5.32 Å². The smallest absolute Gasteiger partial charge is 0.243 e. The number of carbonyl (C=O) groups is 1. The molecule has 0 heterocycles. The molecule has 3 aromatic rings. The third kappa shape index (κ3) is 6.81. The molecule has 1 N–H and O–H groups in total. The van der Waals surface area contributed by atoms with Crippen LogP contribution in [0.4, 0.5) is 8.78 Å². The summed E-state index contributed by atoms with van der Waals surface area (Å²) in [5.74, 6) is -2.15. The number of hydrogen-bond acceptors (Lipinski definition) is 3. The Morgan fingerprint density at radius 2 is 1.59 bits per heavy atom. The van der Waals surface area contributed by atoms with Gasteiger partial charge >= 0.3 is 0 Å². The average molecular weight is 527 g/mol. The van der Waals surface area contributed by atoms with Crippen LogP contribution in [0.25, 0.3) is 0 Å². The predicted octanol–water partition coefficient (Wildman–Crippen LogP) is 5.59. The fourth-order valence-corrected chi connectivity index (χ4v) is 6.30. The van der Waals surface area contributed by atoms with Crippen LogP contribution in [0.5, 0.6) is 0 Å². The third-order valence-corrected chi connectivity index (χ3v) is 8.85. The van der Waals surface area contributed by atoms with E-state index in [1.54, 1.807) is 18.2 Å². The van der Waals surface area contributed by atoms with Crippen molar-refractivity contribution in [3.63, 3.8) is 0 Å². The number of halogens is 2. The molecule has 196 valence electrons. The fraction of sp³-hybridized carbons (Fsp3) is 0.345. The Bertz CT molecular complexity index is 1310. The first-order valence-electron chi connectivity index (χ1n) is 12.6. The highest BCUT2D eigenvalue weighted by Crippen LogP contribution is 2.32. The van der Waals surface area contributed by atoms with Crippen molar-refractivity contribution in [3.05, 3.63) is 101 Å². The number of nitrogens with one attached hydrogen (secondary N) is 1. The summed E-state index contributed by atoms with van der Waals surface area (Å²) < 4.78 is 56.4. The van der Waals surface area contributed by atoms with Crippen LogP contribution in [0.15, 0.2) is 77.7 Å². The molecular weight excluding hydrogens is 494 g/mol. The average Bonchev–Trinajstić information content (AvgIpc) is 2.91. The van der Waals surface area contributed by atoms with Gasteiger partial charge in [-0.25, -0.2) is 17.2 Å². The van der Waals surface area contributed by atoms with Crippen LogP contribution in [-0.4, -0.2) is 25.2 Å². The lowest BCUT2D eigenvalue weighted by molar-refractivity contribution is -0.126. The number of amides is 1. The Morgan fingerprint density at radius 3 is 2.27 bits per heavy atom. The summed E-state index contributed by atoms with van der Waals surface area (Å²) in [6, 6.07) is 19.8. The van der Waals surface area contributed by atoms with E-state index >= 15 is 0 Å². The largest absolute Gasteiger partial charge is 0.352 e. The molecule has 5 nitrogen and oxygen atoms in total. The highest BCUT2D eigenvalue weighted by Gasteiger charge is 2.32. The first kappa shape index (κ1) is 26.9. The molecule has 0 spiro atoms. The van der Waals surface area contributed by atoms with Gasteiger partial charge in [0.25, 0.3) is 0 Å².